The van der Waals surface area contributed by atoms with Gasteiger partial charge >= 0.3 is 12.1 Å². The molecule has 98 valence electrons. The summed E-state index contributed by atoms with van der Waals surface area (Å²) in [6, 6.07) is 0. The summed E-state index contributed by atoms with van der Waals surface area (Å²) in [7, 11) is 0. The molecular weight excluding hydrogens is 226 g/mol. The van der Waals surface area contributed by atoms with E-state index in [1.54, 1.807) is 0 Å². The Morgan fingerprint density at radius 1 is 1.35 bits per heavy atom. The monoisotopic (exact) mass is 245 g/mol. The standard InChI is InChI=1S/C11H19NO5/c1-11(2,3)17-9(13)4-5-16-8-6-12(7-8)10(14)15/h8H,4-7H2,1-3H3,(H,14,15). The third-order valence-corrected chi connectivity index (χ3v) is 2.20. The second-order valence-electron chi connectivity index (χ2n) is 5.02. The molecule has 1 aliphatic rings. The Morgan fingerprint density at radius 2 is 1.94 bits per heavy atom. The minimum Gasteiger partial charge on any atom is -0.465 e. The highest BCUT2D eigenvalue weighted by Gasteiger charge is 2.31. The molecule has 1 saturated heterocycles. The molecule has 1 N–H and O–H groups in total. The largest absolute Gasteiger partial charge is 0.465 e. The van der Waals surface area contributed by atoms with Gasteiger partial charge in [0.15, 0.2) is 0 Å². The lowest BCUT2D eigenvalue weighted by atomic mass is 10.2. The topological polar surface area (TPSA) is 76.1 Å². The molecule has 6 heteroatoms. The molecule has 6 nitrogen and oxygen atoms in total. The van der Waals surface area contributed by atoms with Gasteiger partial charge in [0.1, 0.15) is 5.60 Å². The summed E-state index contributed by atoms with van der Waals surface area (Å²) in [5.74, 6) is -0.299. The SMILES string of the molecule is CC(C)(C)OC(=O)CCOC1CN(C(=O)O)C1. The number of hydrogen-bond acceptors (Lipinski definition) is 4. The lowest BCUT2D eigenvalue weighted by molar-refractivity contribution is -0.157. The molecular formula is C11H19NO5. The summed E-state index contributed by atoms with van der Waals surface area (Å²) < 4.78 is 10.4. The zero-order valence-corrected chi connectivity index (χ0v) is 10.4. The second kappa shape index (κ2) is 5.35. The summed E-state index contributed by atoms with van der Waals surface area (Å²) in [4.78, 5) is 23.0. The van der Waals surface area contributed by atoms with E-state index in [1.807, 2.05) is 20.8 Å². The maximum Gasteiger partial charge on any atom is 0.407 e. The first-order valence-corrected chi connectivity index (χ1v) is 5.59. The van der Waals surface area contributed by atoms with Gasteiger partial charge in [-0.2, -0.15) is 0 Å². The highest BCUT2D eigenvalue weighted by molar-refractivity contribution is 5.70. The molecule has 0 atom stereocenters. The maximum atomic E-state index is 11.3. The van der Waals surface area contributed by atoms with Gasteiger partial charge in [-0.05, 0) is 20.8 Å². The van der Waals surface area contributed by atoms with Gasteiger partial charge in [0.25, 0.3) is 0 Å². The number of ether oxygens (including phenoxy) is 2. The number of esters is 1. The van der Waals surface area contributed by atoms with E-state index in [-0.39, 0.29) is 25.1 Å². The van der Waals surface area contributed by atoms with Gasteiger partial charge < -0.3 is 19.5 Å². The van der Waals surface area contributed by atoms with Gasteiger partial charge in [0.2, 0.25) is 0 Å². The van der Waals surface area contributed by atoms with Crippen molar-refractivity contribution in [2.45, 2.75) is 38.9 Å². The Hall–Kier alpha value is -1.30. The number of rotatable bonds is 4. The molecule has 0 bridgehead atoms. The van der Waals surface area contributed by atoms with Crippen LogP contribution in [-0.4, -0.2) is 53.5 Å². The number of amides is 1. The van der Waals surface area contributed by atoms with E-state index < -0.39 is 11.7 Å². The van der Waals surface area contributed by atoms with Crippen LogP contribution in [0.1, 0.15) is 27.2 Å². The molecule has 0 radical (unpaired) electrons. The van der Waals surface area contributed by atoms with E-state index in [0.717, 1.165) is 0 Å². The first kappa shape index (κ1) is 13.8. The molecule has 1 rings (SSSR count). The zero-order chi connectivity index (χ0) is 13.1. The van der Waals surface area contributed by atoms with E-state index >= 15 is 0 Å². The van der Waals surface area contributed by atoms with Crippen molar-refractivity contribution in [2.24, 2.45) is 0 Å². The van der Waals surface area contributed by atoms with Gasteiger partial charge in [-0.15, -0.1) is 0 Å². The smallest absolute Gasteiger partial charge is 0.407 e. The van der Waals surface area contributed by atoms with Crippen LogP contribution in [0.4, 0.5) is 4.79 Å². The third-order valence-electron chi connectivity index (χ3n) is 2.20. The molecule has 0 aromatic carbocycles. The molecule has 1 aliphatic heterocycles. The average molecular weight is 245 g/mol. The molecule has 0 aromatic rings. The Labute approximate surface area is 100 Å². The number of carboxylic acid groups (broad SMARTS) is 1. The van der Waals surface area contributed by atoms with E-state index in [2.05, 4.69) is 0 Å². The van der Waals surface area contributed by atoms with Crippen LogP contribution in [0.15, 0.2) is 0 Å². The Morgan fingerprint density at radius 3 is 2.41 bits per heavy atom. The normalized spacial score (nSPS) is 16.5. The fourth-order valence-corrected chi connectivity index (χ4v) is 1.40. The molecule has 0 unspecified atom stereocenters. The van der Waals surface area contributed by atoms with Crippen molar-refractivity contribution in [3.63, 3.8) is 0 Å². The van der Waals surface area contributed by atoms with Crippen LogP contribution < -0.4 is 0 Å². The van der Waals surface area contributed by atoms with Crippen molar-refractivity contribution in [1.29, 1.82) is 0 Å². The van der Waals surface area contributed by atoms with E-state index in [0.29, 0.717) is 13.1 Å². The number of hydrogen-bond donors (Lipinski definition) is 1. The highest BCUT2D eigenvalue weighted by atomic mass is 16.6. The summed E-state index contributed by atoms with van der Waals surface area (Å²) in [5, 5.41) is 8.59. The van der Waals surface area contributed by atoms with Crippen LogP contribution in [0.2, 0.25) is 0 Å². The molecule has 0 aliphatic carbocycles. The maximum absolute atomic E-state index is 11.3. The summed E-state index contributed by atoms with van der Waals surface area (Å²) in [5.41, 5.74) is -0.479. The van der Waals surface area contributed by atoms with Crippen LogP contribution in [0.5, 0.6) is 0 Å². The van der Waals surface area contributed by atoms with Gasteiger partial charge in [-0.1, -0.05) is 0 Å². The van der Waals surface area contributed by atoms with Crippen LogP contribution >= 0.6 is 0 Å². The first-order valence-electron chi connectivity index (χ1n) is 5.59. The number of carbonyl (C=O) groups excluding carboxylic acids is 1. The molecule has 0 aromatic heterocycles. The van der Waals surface area contributed by atoms with Gasteiger partial charge in [-0.3, -0.25) is 4.79 Å². The lowest BCUT2D eigenvalue weighted by Gasteiger charge is -2.36. The van der Waals surface area contributed by atoms with Crippen LogP contribution in [-0.2, 0) is 14.3 Å². The lowest BCUT2D eigenvalue weighted by Crippen LogP contribution is -2.54. The highest BCUT2D eigenvalue weighted by Crippen LogP contribution is 2.12. The van der Waals surface area contributed by atoms with Gasteiger partial charge in [0.05, 0.1) is 32.2 Å². The van der Waals surface area contributed by atoms with Crippen molar-refractivity contribution in [2.75, 3.05) is 19.7 Å². The van der Waals surface area contributed by atoms with E-state index in [1.165, 1.54) is 4.90 Å². The Balaban J connectivity index is 2.06. The van der Waals surface area contributed by atoms with Crippen molar-refractivity contribution in [1.82, 2.24) is 4.90 Å². The number of likely N-dealkylation sites (tertiary alicyclic amines) is 1. The third kappa shape index (κ3) is 5.04. The second-order valence-corrected chi connectivity index (χ2v) is 5.02. The van der Waals surface area contributed by atoms with Crippen molar-refractivity contribution in [3.8, 4) is 0 Å². The summed E-state index contributed by atoms with van der Waals surface area (Å²) in [6.45, 7) is 6.45. The molecule has 17 heavy (non-hydrogen) atoms. The minimum absolute atomic E-state index is 0.0893. The Kier molecular flexibility index (Phi) is 4.34. The molecule has 0 saturated carbocycles. The van der Waals surface area contributed by atoms with E-state index in [4.69, 9.17) is 14.6 Å². The predicted octanol–water partition coefficient (Wildman–Crippen LogP) is 1.10. The summed E-state index contributed by atoms with van der Waals surface area (Å²) >= 11 is 0. The van der Waals surface area contributed by atoms with Crippen LogP contribution in [0.25, 0.3) is 0 Å². The fraction of sp³-hybridized carbons (Fsp3) is 0.818. The fourth-order valence-electron chi connectivity index (χ4n) is 1.40. The van der Waals surface area contributed by atoms with Gasteiger partial charge in [-0.25, -0.2) is 4.79 Å². The Bertz CT molecular complexity index is 291. The zero-order valence-electron chi connectivity index (χ0n) is 10.4. The summed E-state index contributed by atoms with van der Waals surface area (Å²) in [6.07, 6.45) is -0.827. The quantitative estimate of drug-likeness (QED) is 0.750. The molecule has 1 amide bonds. The van der Waals surface area contributed by atoms with Crippen LogP contribution in [0.3, 0.4) is 0 Å². The van der Waals surface area contributed by atoms with E-state index in [9.17, 15) is 9.59 Å². The molecule has 1 fully saturated rings. The predicted molar refractivity (Wildman–Crippen MR) is 59.8 cm³/mol. The average Bonchev–Trinajstić information content (AvgIpc) is 2.04. The van der Waals surface area contributed by atoms with Gasteiger partial charge in [0, 0.05) is 0 Å². The molecule has 1 heterocycles. The van der Waals surface area contributed by atoms with Crippen molar-refractivity contribution < 1.29 is 24.2 Å². The first-order chi connectivity index (χ1) is 7.78. The van der Waals surface area contributed by atoms with Crippen LogP contribution in [0, 0.1) is 0 Å². The number of carbonyl (C=O) groups is 2. The van der Waals surface area contributed by atoms with Crippen molar-refractivity contribution in [3.05, 3.63) is 0 Å². The van der Waals surface area contributed by atoms with Crippen molar-refractivity contribution >= 4 is 12.1 Å². The molecule has 0 spiro atoms. The number of nitrogens with zero attached hydrogens (tertiary/aromatic N) is 1. The minimum atomic E-state index is -0.933.